The summed E-state index contributed by atoms with van der Waals surface area (Å²) in [6.07, 6.45) is 0. The highest BCUT2D eigenvalue weighted by atomic mass is 35.5. The number of halogens is 2. The van der Waals surface area contributed by atoms with Gasteiger partial charge in [0.25, 0.3) is 0 Å². The van der Waals surface area contributed by atoms with E-state index in [1.54, 1.807) is 18.2 Å². The van der Waals surface area contributed by atoms with Crippen LogP contribution in [0.5, 0.6) is 0 Å². The first-order valence-corrected chi connectivity index (χ1v) is 7.27. The molecule has 0 aromatic heterocycles. The van der Waals surface area contributed by atoms with Crippen molar-refractivity contribution in [2.45, 2.75) is 20.8 Å². The van der Waals surface area contributed by atoms with E-state index in [1.165, 1.54) is 12.1 Å². The molecular formula is C17H18ClFN2O. The van der Waals surface area contributed by atoms with Crippen LogP contribution in [0.15, 0.2) is 42.5 Å². The molecule has 3 nitrogen and oxygen atoms in total. The van der Waals surface area contributed by atoms with Crippen molar-refractivity contribution in [1.29, 1.82) is 0 Å². The maximum Gasteiger partial charge on any atom is 0.229 e. The Morgan fingerprint density at radius 3 is 2.09 bits per heavy atom. The van der Waals surface area contributed by atoms with Gasteiger partial charge in [0.05, 0.1) is 5.02 Å². The average Bonchev–Trinajstić information content (AvgIpc) is 2.44. The fourth-order valence-electron chi connectivity index (χ4n) is 1.70. The van der Waals surface area contributed by atoms with Crippen LogP contribution in [0.4, 0.5) is 21.5 Å². The molecule has 2 N–H and O–H groups in total. The fourth-order valence-corrected chi connectivity index (χ4v) is 1.88. The summed E-state index contributed by atoms with van der Waals surface area (Å²) in [5, 5.41) is 6.04. The molecule has 0 saturated carbocycles. The Balaban J connectivity index is 2.06. The molecule has 2 aromatic rings. The topological polar surface area (TPSA) is 41.1 Å². The Labute approximate surface area is 134 Å². The van der Waals surface area contributed by atoms with Crippen molar-refractivity contribution in [3.63, 3.8) is 0 Å². The standard InChI is InChI=1S/C17H18ClFN2O/c1-17(2,3)16(22)21-12-6-4-11(5-7-12)20-13-8-9-15(19)14(18)10-13/h4-10,20H,1-3H3,(H,21,22). The summed E-state index contributed by atoms with van der Waals surface area (Å²) in [6, 6.07) is 11.7. The lowest BCUT2D eigenvalue weighted by Gasteiger charge is -2.17. The SMILES string of the molecule is CC(C)(C)C(=O)Nc1ccc(Nc2ccc(F)c(Cl)c2)cc1. The van der Waals surface area contributed by atoms with Gasteiger partial charge in [0.15, 0.2) is 0 Å². The molecule has 0 bridgehead atoms. The molecule has 0 unspecified atom stereocenters. The minimum Gasteiger partial charge on any atom is -0.355 e. The summed E-state index contributed by atoms with van der Waals surface area (Å²) in [4.78, 5) is 11.9. The van der Waals surface area contributed by atoms with Gasteiger partial charge in [0, 0.05) is 22.5 Å². The maximum atomic E-state index is 13.1. The number of hydrogen-bond acceptors (Lipinski definition) is 2. The zero-order chi connectivity index (χ0) is 16.3. The van der Waals surface area contributed by atoms with Crippen LogP contribution in [0.25, 0.3) is 0 Å². The molecule has 0 aliphatic rings. The number of nitrogens with one attached hydrogen (secondary N) is 2. The average molecular weight is 321 g/mol. The largest absolute Gasteiger partial charge is 0.355 e. The molecular weight excluding hydrogens is 303 g/mol. The normalized spacial score (nSPS) is 11.1. The second kappa shape index (κ2) is 6.36. The molecule has 0 heterocycles. The Morgan fingerprint density at radius 2 is 1.55 bits per heavy atom. The Morgan fingerprint density at radius 1 is 1.00 bits per heavy atom. The van der Waals surface area contributed by atoms with Gasteiger partial charge in [-0.05, 0) is 42.5 Å². The lowest BCUT2D eigenvalue weighted by atomic mass is 9.95. The van der Waals surface area contributed by atoms with Gasteiger partial charge in [0.1, 0.15) is 5.82 Å². The fraction of sp³-hybridized carbons (Fsp3) is 0.235. The van der Waals surface area contributed by atoms with Gasteiger partial charge < -0.3 is 10.6 Å². The van der Waals surface area contributed by atoms with Crippen molar-refractivity contribution in [3.05, 3.63) is 53.3 Å². The van der Waals surface area contributed by atoms with Crippen LogP contribution in [-0.2, 0) is 4.79 Å². The van der Waals surface area contributed by atoms with E-state index in [0.717, 1.165) is 11.4 Å². The highest BCUT2D eigenvalue weighted by Crippen LogP contribution is 2.24. The summed E-state index contributed by atoms with van der Waals surface area (Å²) >= 11 is 5.74. The number of hydrogen-bond donors (Lipinski definition) is 2. The van der Waals surface area contributed by atoms with Crippen LogP contribution >= 0.6 is 11.6 Å². The minimum atomic E-state index is -0.451. The van der Waals surface area contributed by atoms with Crippen LogP contribution in [0, 0.1) is 11.2 Å². The molecule has 2 rings (SSSR count). The summed E-state index contributed by atoms with van der Waals surface area (Å²) in [5.41, 5.74) is 1.79. The molecule has 0 atom stereocenters. The number of rotatable bonds is 3. The van der Waals surface area contributed by atoms with Gasteiger partial charge in [-0.1, -0.05) is 32.4 Å². The number of benzene rings is 2. The smallest absolute Gasteiger partial charge is 0.229 e. The Hall–Kier alpha value is -2.07. The van der Waals surface area contributed by atoms with E-state index < -0.39 is 11.2 Å². The molecule has 0 aliphatic carbocycles. The van der Waals surface area contributed by atoms with Crippen molar-refractivity contribution >= 4 is 34.6 Å². The Bertz CT molecular complexity index is 678. The first kappa shape index (κ1) is 16.3. The predicted molar refractivity (Wildman–Crippen MR) is 89.2 cm³/mol. The van der Waals surface area contributed by atoms with Gasteiger partial charge in [-0.2, -0.15) is 0 Å². The highest BCUT2D eigenvalue weighted by molar-refractivity contribution is 6.31. The molecule has 0 aliphatic heterocycles. The van der Waals surface area contributed by atoms with Crippen LogP contribution in [-0.4, -0.2) is 5.91 Å². The van der Waals surface area contributed by atoms with E-state index >= 15 is 0 Å². The zero-order valence-corrected chi connectivity index (χ0v) is 13.5. The van der Waals surface area contributed by atoms with Crippen molar-refractivity contribution in [2.75, 3.05) is 10.6 Å². The third-order valence-electron chi connectivity index (χ3n) is 3.03. The van der Waals surface area contributed by atoms with E-state index in [1.807, 2.05) is 32.9 Å². The lowest BCUT2D eigenvalue weighted by Crippen LogP contribution is -2.27. The minimum absolute atomic E-state index is 0.0430. The van der Waals surface area contributed by atoms with Gasteiger partial charge in [0.2, 0.25) is 5.91 Å². The molecule has 0 radical (unpaired) electrons. The second-order valence-electron chi connectivity index (χ2n) is 6.04. The quantitative estimate of drug-likeness (QED) is 0.815. The van der Waals surface area contributed by atoms with Crippen LogP contribution in [0.1, 0.15) is 20.8 Å². The zero-order valence-electron chi connectivity index (χ0n) is 12.7. The van der Waals surface area contributed by atoms with E-state index in [9.17, 15) is 9.18 Å². The number of anilines is 3. The number of carbonyl (C=O) groups is 1. The maximum absolute atomic E-state index is 13.1. The van der Waals surface area contributed by atoms with E-state index in [2.05, 4.69) is 10.6 Å². The Kier molecular flexibility index (Phi) is 4.71. The summed E-state index contributed by atoms with van der Waals surface area (Å²) in [6.45, 7) is 5.57. The molecule has 2 aromatic carbocycles. The first-order valence-electron chi connectivity index (χ1n) is 6.89. The van der Waals surface area contributed by atoms with E-state index in [-0.39, 0.29) is 10.9 Å². The molecule has 0 saturated heterocycles. The third-order valence-corrected chi connectivity index (χ3v) is 3.32. The van der Waals surface area contributed by atoms with Crippen molar-refractivity contribution < 1.29 is 9.18 Å². The van der Waals surface area contributed by atoms with Crippen molar-refractivity contribution in [2.24, 2.45) is 5.41 Å². The molecule has 22 heavy (non-hydrogen) atoms. The van der Waals surface area contributed by atoms with Crippen LogP contribution < -0.4 is 10.6 Å². The lowest BCUT2D eigenvalue weighted by molar-refractivity contribution is -0.123. The first-order chi connectivity index (χ1) is 10.3. The highest BCUT2D eigenvalue weighted by Gasteiger charge is 2.20. The van der Waals surface area contributed by atoms with Crippen LogP contribution in [0.2, 0.25) is 5.02 Å². The van der Waals surface area contributed by atoms with Gasteiger partial charge in [-0.25, -0.2) is 4.39 Å². The van der Waals surface area contributed by atoms with Gasteiger partial charge >= 0.3 is 0 Å². The second-order valence-corrected chi connectivity index (χ2v) is 6.44. The molecule has 1 amide bonds. The van der Waals surface area contributed by atoms with Gasteiger partial charge in [-0.3, -0.25) is 4.79 Å². The van der Waals surface area contributed by atoms with Crippen LogP contribution in [0.3, 0.4) is 0 Å². The summed E-state index contributed by atoms with van der Waals surface area (Å²) in [5.74, 6) is -0.494. The summed E-state index contributed by atoms with van der Waals surface area (Å²) in [7, 11) is 0. The summed E-state index contributed by atoms with van der Waals surface area (Å²) < 4.78 is 13.1. The van der Waals surface area contributed by atoms with E-state index in [4.69, 9.17) is 11.6 Å². The predicted octanol–water partition coefficient (Wildman–Crippen LogP) is 5.21. The molecule has 0 spiro atoms. The number of amides is 1. The van der Waals surface area contributed by atoms with Gasteiger partial charge in [-0.15, -0.1) is 0 Å². The van der Waals surface area contributed by atoms with E-state index in [0.29, 0.717) is 5.69 Å². The van der Waals surface area contributed by atoms with Crippen molar-refractivity contribution in [1.82, 2.24) is 0 Å². The third kappa shape index (κ3) is 4.21. The molecule has 0 fully saturated rings. The monoisotopic (exact) mass is 320 g/mol. The molecule has 116 valence electrons. The van der Waals surface area contributed by atoms with Crippen molar-refractivity contribution in [3.8, 4) is 0 Å². The molecule has 5 heteroatoms. The number of carbonyl (C=O) groups excluding carboxylic acids is 1.